The van der Waals surface area contributed by atoms with Crippen LogP contribution in [0.4, 0.5) is 0 Å². The van der Waals surface area contributed by atoms with Crippen molar-refractivity contribution in [2.75, 3.05) is 13.1 Å². The lowest BCUT2D eigenvalue weighted by Gasteiger charge is -2.26. The van der Waals surface area contributed by atoms with E-state index in [0.717, 1.165) is 11.8 Å². The van der Waals surface area contributed by atoms with Crippen LogP contribution in [-0.2, 0) is 0 Å². The van der Waals surface area contributed by atoms with E-state index in [-0.39, 0.29) is 0 Å². The average Bonchev–Trinajstić information content (AvgIpc) is 2.39. The maximum atomic E-state index is 3.63. The van der Waals surface area contributed by atoms with Crippen molar-refractivity contribution in [1.82, 2.24) is 5.32 Å². The van der Waals surface area contributed by atoms with Crippen molar-refractivity contribution in [3.63, 3.8) is 0 Å². The molecule has 1 nitrogen and oxygen atoms in total. The van der Waals surface area contributed by atoms with E-state index in [9.17, 15) is 0 Å². The lowest BCUT2D eigenvalue weighted by Crippen LogP contribution is -2.21. The van der Waals surface area contributed by atoms with Gasteiger partial charge in [0.1, 0.15) is 0 Å². The number of hydrogen-bond donors (Lipinski definition) is 1. The van der Waals surface area contributed by atoms with Crippen molar-refractivity contribution in [3.05, 3.63) is 0 Å². The third kappa shape index (κ3) is 8.13. The molecule has 0 saturated heterocycles. The van der Waals surface area contributed by atoms with Gasteiger partial charge in [-0.1, -0.05) is 71.6 Å². The highest BCUT2D eigenvalue weighted by Gasteiger charge is 2.17. The molecule has 0 spiro atoms. The Balaban J connectivity index is 1.78. The van der Waals surface area contributed by atoms with Crippen LogP contribution in [0.5, 0.6) is 0 Å². The van der Waals surface area contributed by atoms with Crippen molar-refractivity contribution in [2.45, 2.75) is 84.5 Å². The Morgan fingerprint density at radius 1 is 0.833 bits per heavy atom. The lowest BCUT2D eigenvalue weighted by molar-refractivity contribution is 0.275. The molecule has 1 aliphatic carbocycles. The number of hydrogen-bond acceptors (Lipinski definition) is 1. The first-order chi connectivity index (χ1) is 8.83. The van der Waals surface area contributed by atoms with Crippen LogP contribution in [0.25, 0.3) is 0 Å². The van der Waals surface area contributed by atoms with Crippen LogP contribution in [0.15, 0.2) is 0 Å². The SMILES string of the molecule is CCCCCCCCNCCC1CCC(C)CC1. The van der Waals surface area contributed by atoms with E-state index in [2.05, 4.69) is 19.2 Å². The normalized spacial score (nSPS) is 24.3. The Morgan fingerprint density at radius 2 is 1.50 bits per heavy atom. The molecule has 0 unspecified atom stereocenters. The summed E-state index contributed by atoms with van der Waals surface area (Å²) in [5.41, 5.74) is 0. The van der Waals surface area contributed by atoms with E-state index in [4.69, 9.17) is 0 Å². The minimum absolute atomic E-state index is 0.998. The van der Waals surface area contributed by atoms with E-state index in [0.29, 0.717) is 0 Å². The van der Waals surface area contributed by atoms with Crippen molar-refractivity contribution in [2.24, 2.45) is 11.8 Å². The zero-order valence-electron chi connectivity index (χ0n) is 12.8. The predicted octanol–water partition coefficient (Wildman–Crippen LogP) is 5.15. The lowest BCUT2D eigenvalue weighted by atomic mass is 9.81. The summed E-state index contributed by atoms with van der Waals surface area (Å²) in [6, 6.07) is 0. The molecule has 1 saturated carbocycles. The summed E-state index contributed by atoms with van der Waals surface area (Å²) in [5, 5.41) is 3.63. The van der Waals surface area contributed by atoms with E-state index >= 15 is 0 Å². The monoisotopic (exact) mass is 253 g/mol. The first kappa shape index (κ1) is 16.0. The Hall–Kier alpha value is -0.0400. The number of nitrogens with one attached hydrogen (secondary N) is 1. The molecule has 0 amide bonds. The molecule has 0 radical (unpaired) electrons. The van der Waals surface area contributed by atoms with Gasteiger partial charge in [0.15, 0.2) is 0 Å². The molecular weight excluding hydrogens is 218 g/mol. The van der Waals surface area contributed by atoms with Gasteiger partial charge in [0, 0.05) is 0 Å². The maximum absolute atomic E-state index is 3.63. The Kier molecular flexibility index (Phi) is 9.65. The van der Waals surface area contributed by atoms with Crippen LogP contribution >= 0.6 is 0 Å². The van der Waals surface area contributed by atoms with Gasteiger partial charge >= 0.3 is 0 Å². The van der Waals surface area contributed by atoms with Gasteiger partial charge in [-0.25, -0.2) is 0 Å². The van der Waals surface area contributed by atoms with Crippen LogP contribution in [-0.4, -0.2) is 13.1 Å². The fourth-order valence-electron chi connectivity index (χ4n) is 3.08. The smallest absolute Gasteiger partial charge is 0.00463 e. The van der Waals surface area contributed by atoms with Crippen LogP contribution in [0.1, 0.15) is 84.5 Å². The molecule has 0 heterocycles. The van der Waals surface area contributed by atoms with E-state index in [1.54, 1.807) is 0 Å². The zero-order valence-corrected chi connectivity index (χ0v) is 12.8. The molecule has 1 N–H and O–H groups in total. The van der Waals surface area contributed by atoms with Crippen molar-refractivity contribution >= 4 is 0 Å². The molecule has 1 fully saturated rings. The summed E-state index contributed by atoms with van der Waals surface area (Å²) in [6.45, 7) is 7.20. The highest BCUT2D eigenvalue weighted by Crippen LogP contribution is 2.29. The summed E-state index contributed by atoms with van der Waals surface area (Å²) in [6.07, 6.45) is 15.8. The second-order valence-corrected chi connectivity index (χ2v) is 6.43. The Labute approximate surface area is 115 Å². The van der Waals surface area contributed by atoms with E-state index in [1.165, 1.54) is 83.7 Å². The summed E-state index contributed by atoms with van der Waals surface area (Å²) in [7, 11) is 0. The molecule has 0 bridgehead atoms. The number of rotatable bonds is 10. The summed E-state index contributed by atoms with van der Waals surface area (Å²) >= 11 is 0. The van der Waals surface area contributed by atoms with Crippen LogP contribution in [0.2, 0.25) is 0 Å². The first-order valence-corrected chi connectivity index (χ1v) is 8.53. The molecule has 0 aromatic rings. The highest BCUT2D eigenvalue weighted by molar-refractivity contribution is 4.70. The molecule has 1 aliphatic rings. The molecule has 108 valence electrons. The number of unbranched alkanes of at least 4 members (excludes halogenated alkanes) is 5. The Morgan fingerprint density at radius 3 is 2.22 bits per heavy atom. The van der Waals surface area contributed by atoms with Crippen LogP contribution < -0.4 is 5.32 Å². The first-order valence-electron chi connectivity index (χ1n) is 8.53. The summed E-state index contributed by atoms with van der Waals surface area (Å²) in [4.78, 5) is 0. The van der Waals surface area contributed by atoms with Gasteiger partial charge in [0.05, 0.1) is 0 Å². The molecule has 0 aromatic carbocycles. The Bertz CT molecular complexity index is 170. The molecule has 0 aromatic heterocycles. The van der Waals surface area contributed by atoms with Crippen LogP contribution in [0, 0.1) is 11.8 Å². The van der Waals surface area contributed by atoms with Gasteiger partial charge in [-0.3, -0.25) is 0 Å². The van der Waals surface area contributed by atoms with Gasteiger partial charge < -0.3 is 5.32 Å². The second-order valence-electron chi connectivity index (χ2n) is 6.43. The molecule has 1 heteroatoms. The zero-order chi connectivity index (χ0) is 13.1. The van der Waals surface area contributed by atoms with Gasteiger partial charge in [0.2, 0.25) is 0 Å². The summed E-state index contributed by atoms with van der Waals surface area (Å²) < 4.78 is 0. The van der Waals surface area contributed by atoms with Crippen LogP contribution in [0.3, 0.4) is 0 Å². The van der Waals surface area contributed by atoms with Crippen molar-refractivity contribution in [1.29, 1.82) is 0 Å². The maximum Gasteiger partial charge on any atom is -0.00463 e. The van der Waals surface area contributed by atoms with Gasteiger partial charge in [-0.05, 0) is 37.8 Å². The molecule has 18 heavy (non-hydrogen) atoms. The quantitative estimate of drug-likeness (QED) is 0.531. The van der Waals surface area contributed by atoms with Gasteiger partial charge in [0.25, 0.3) is 0 Å². The minimum Gasteiger partial charge on any atom is -0.317 e. The van der Waals surface area contributed by atoms with E-state index in [1.807, 2.05) is 0 Å². The third-order valence-corrected chi connectivity index (χ3v) is 4.57. The second kappa shape index (κ2) is 10.8. The van der Waals surface area contributed by atoms with Gasteiger partial charge in [-0.15, -0.1) is 0 Å². The average molecular weight is 253 g/mol. The highest BCUT2D eigenvalue weighted by atomic mass is 14.8. The molecule has 1 rings (SSSR count). The summed E-state index contributed by atoms with van der Waals surface area (Å²) in [5.74, 6) is 2.02. The van der Waals surface area contributed by atoms with Crippen molar-refractivity contribution in [3.8, 4) is 0 Å². The van der Waals surface area contributed by atoms with Gasteiger partial charge in [-0.2, -0.15) is 0 Å². The largest absolute Gasteiger partial charge is 0.317 e. The third-order valence-electron chi connectivity index (χ3n) is 4.57. The fraction of sp³-hybridized carbons (Fsp3) is 1.00. The predicted molar refractivity (Wildman–Crippen MR) is 82.0 cm³/mol. The minimum atomic E-state index is 0.998. The van der Waals surface area contributed by atoms with E-state index < -0.39 is 0 Å². The van der Waals surface area contributed by atoms with Crippen molar-refractivity contribution < 1.29 is 0 Å². The molecule has 0 aliphatic heterocycles. The standard InChI is InChI=1S/C17H35N/c1-3-4-5-6-7-8-14-18-15-13-17-11-9-16(2)10-12-17/h16-18H,3-15H2,1-2H3. The topological polar surface area (TPSA) is 12.0 Å². The molecule has 0 atom stereocenters. The molecular formula is C17H35N. The fourth-order valence-corrected chi connectivity index (χ4v) is 3.08.